The fourth-order valence-electron chi connectivity index (χ4n) is 3.31. The van der Waals surface area contributed by atoms with Crippen LogP contribution in [-0.2, 0) is 6.61 Å². The van der Waals surface area contributed by atoms with Crippen LogP contribution in [0.2, 0.25) is 0 Å². The van der Waals surface area contributed by atoms with Gasteiger partial charge in [0.05, 0.1) is 6.10 Å². The number of aliphatic hydroxyl groups excluding tert-OH is 1. The largest absolute Gasteiger partial charge is 0.489 e. The Morgan fingerprint density at radius 2 is 1.84 bits per heavy atom. The van der Waals surface area contributed by atoms with E-state index in [9.17, 15) is 5.11 Å². The van der Waals surface area contributed by atoms with Crippen LogP contribution in [0, 0.1) is 5.92 Å². The van der Waals surface area contributed by atoms with Gasteiger partial charge in [0.2, 0.25) is 0 Å². The second kappa shape index (κ2) is 9.30. The van der Waals surface area contributed by atoms with Gasteiger partial charge in [0.15, 0.2) is 0 Å². The fraction of sp³-hybridized carbons (Fsp3) is 0.455. The standard InChI is InChI=1S/C22H28O2S/c1-17(23)20-12-21(24-15-18-8-4-2-5-9-18)14-22(13-20)25-16-19-10-6-3-7-11-19/h2,4-5,8-9,12-14,17,19,23H,3,6-7,10-11,15-16H2,1H3. The van der Waals surface area contributed by atoms with Crippen molar-refractivity contribution in [2.45, 2.75) is 56.6 Å². The van der Waals surface area contributed by atoms with E-state index < -0.39 is 6.10 Å². The molecule has 1 fully saturated rings. The van der Waals surface area contributed by atoms with Gasteiger partial charge in [-0.2, -0.15) is 0 Å². The summed E-state index contributed by atoms with van der Waals surface area (Å²) in [5.41, 5.74) is 2.08. The monoisotopic (exact) mass is 356 g/mol. The molecular weight excluding hydrogens is 328 g/mol. The van der Waals surface area contributed by atoms with Crippen molar-refractivity contribution in [1.82, 2.24) is 0 Å². The Balaban J connectivity index is 1.65. The molecule has 1 atom stereocenters. The SMILES string of the molecule is CC(O)c1cc(OCc2ccccc2)cc(SCC2CCCCC2)c1. The molecular formula is C22H28O2S. The zero-order valence-electron chi connectivity index (χ0n) is 15.0. The first-order chi connectivity index (χ1) is 12.2. The first-order valence-corrected chi connectivity index (χ1v) is 10.3. The Kier molecular flexibility index (Phi) is 6.83. The summed E-state index contributed by atoms with van der Waals surface area (Å²) in [5, 5.41) is 10.0. The molecule has 2 nitrogen and oxygen atoms in total. The van der Waals surface area contributed by atoms with Gasteiger partial charge in [-0.15, -0.1) is 11.8 Å². The molecule has 1 N–H and O–H groups in total. The van der Waals surface area contributed by atoms with E-state index in [1.807, 2.05) is 43.0 Å². The van der Waals surface area contributed by atoms with Crippen LogP contribution in [0.15, 0.2) is 53.4 Å². The second-order valence-electron chi connectivity index (χ2n) is 7.00. The smallest absolute Gasteiger partial charge is 0.121 e. The molecule has 2 aromatic carbocycles. The van der Waals surface area contributed by atoms with E-state index in [4.69, 9.17) is 4.74 Å². The third kappa shape index (κ3) is 5.79. The molecule has 1 saturated carbocycles. The Morgan fingerprint density at radius 1 is 1.08 bits per heavy atom. The minimum atomic E-state index is -0.477. The first kappa shape index (κ1) is 18.3. The van der Waals surface area contributed by atoms with Crippen LogP contribution in [0.3, 0.4) is 0 Å². The number of ether oxygens (including phenoxy) is 1. The van der Waals surface area contributed by atoms with E-state index in [1.54, 1.807) is 0 Å². The maximum absolute atomic E-state index is 10.0. The third-order valence-corrected chi connectivity index (χ3v) is 6.05. The maximum atomic E-state index is 10.0. The molecule has 25 heavy (non-hydrogen) atoms. The Labute approximate surface area is 155 Å². The molecule has 1 aliphatic carbocycles. The molecule has 0 amide bonds. The zero-order chi connectivity index (χ0) is 17.5. The van der Waals surface area contributed by atoms with E-state index in [1.165, 1.54) is 42.8 Å². The fourth-order valence-corrected chi connectivity index (χ4v) is 4.49. The molecule has 0 saturated heterocycles. The number of hydrogen-bond donors (Lipinski definition) is 1. The first-order valence-electron chi connectivity index (χ1n) is 9.33. The van der Waals surface area contributed by atoms with Crippen LogP contribution in [0.25, 0.3) is 0 Å². The molecule has 0 bridgehead atoms. The van der Waals surface area contributed by atoms with Gasteiger partial charge in [-0.05, 0) is 55.0 Å². The lowest BCUT2D eigenvalue weighted by molar-refractivity contribution is 0.198. The summed E-state index contributed by atoms with van der Waals surface area (Å²) in [6.45, 7) is 2.36. The Hall–Kier alpha value is -1.45. The summed E-state index contributed by atoms with van der Waals surface area (Å²) >= 11 is 1.90. The van der Waals surface area contributed by atoms with Crippen LogP contribution in [0.5, 0.6) is 5.75 Å². The molecule has 1 unspecified atom stereocenters. The number of benzene rings is 2. The van der Waals surface area contributed by atoms with E-state index in [0.717, 1.165) is 22.8 Å². The topological polar surface area (TPSA) is 29.5 Å². The summed E-state index contributed by atoms with van der Waals surface area (Å²) in [6.07, 6.45) is 6.40. The average Bonchev–Trinajstić information content (AvgIpc) is 2.66. The minimum Gasteiger partial charge on any atom is -0.489 e. The Morgan fingerprint density at radius 3 is 2.56 bits per heavy atom. The molecule has 134 valence electrons. The van der Waals surface area contributed by atoms with Crippen LogP contribution in [0.4, 0.5) is 0 Å². The van der Waals surface area contributed by atoms with E-state index in [0.29, 0.717) is 6.61 Å². The second-order valence-corrected chi connectivity index (χ2v) is 8.10. The highest BCUT2D eigenvalue weighted by Crippen LogP contribution is 2.33. The summed E-state index contributed by atoms with van der Waals surface area (Å²) in [5.74, 6) is 2.84. The van der Waals surface area contributed by atoms with E-state index in [-0.39, 0.29) is 0 Å². The van der Waals surface area contributed by atoms with Gasteiger partial charge in [-0.25, -0.2) is 0 Å². The quantitative estimate of drug-likeness (QED) is 0.618. The number of rotatable bonds is 7. The van der Waals surface area contributed by atoms with Crippen molar-refractivity contribution in [2.24, 2.45) is 5.92 Å². The normalized spacial score (nSPS) is 16.6. The lowest BCUT2D eigenvalue weighted by Gasteiger charge is -2.21. The molecule has 3 rings (SSSR count). The molecule has 0 aromatic heterocycles. The highest BCUT2D eigenvalue weighted by atomic mass is 32.2. The average molecular weight is 357 g/mol. The van der Waals surface area contributed by atoms with Crippen molar-refractivity contribution in [3.8, 4) is 5.75 Å². The van der Waals surface area contributed by atoms with Crippen molar-refractivity contribution in [3.05, 3.63) is 59.7 Å². The molecule has 0 heterocycles. The zero-order valence-corrected chi connectivity index (χ0v) is 15.8. The van der Waals surface area contributed by atoms with Crippen LogP contribution >= 0.6 is 11.8 Å². The lowest BCUT2D eigenvalue weighted by Crippen LogP contribution is -2.08. The van der Waals surface area contributed by atoms with Crippen molar-refractivity contribution >= 4 is 11.8 Å². The molecule has 0 radical (unpaired) electrons. The van der Waals surface area contributed by atoms with Crippen molar-refractivity contribution < 1.29 is 9.84 Å². The maximum Gasteiger partial charge on any atom is 0.121 e. The van der Waals surface area contributed by atoms with Crippen LogP contribution in [-0.4, -0.2) is 10.9 Å². The van der Waals surface area contributed by atoms with Gasteiger partial charge < -0.3 is 9.84 Å². The van der Waals surface area contributed by atoms with E-state index in [2.05, 4.69) is 24.3 Å². The van der Waals surface area contributed by atoms with Crippen LogP contribution in [0.1, 0.15) is 56.3 Å². The summed E-state index contributed by atoms with van der Waals surface area (Å²) in [4.78, 5) is 1.20. The molecule has 1 aliphatic rings. The van der Waals surface area contributed by atoms with Crippen molar-refractivity contribution in [2.75, 3.05) is 5.75 Å². The number of thioether (sulfide) groups is 1. The molecule has 3 heteroatoms. The number of aliphatic hydroxyl groups is 1. The summed E-state index contributed by atoms with van der Waals surface area (Å²) in [7, 11) is 0. The van der Waals surface area contributed by atoms with Gasteiger partial charge in [0.1, 0.15) is 12.4 Å². The Bertz CT molecular complexity index is 648. The third-order valence-electron chi connectivity index (χ3n) is 4.84. The lowest BCUT2D eigenvalue weighted by atomic mass is 9.91. The van der Waals surface area contributed by atoms with Gasteiger partial charge >= 0.3 is 0 Å². The van der Waals surface area contributed by atoms with E-state index >= 15 is 0 Å². The molecule has 0 spiro atoms. The predicted molar refractivity (Wildman–Crippen MR) is 105 cm³/mol. The number of hydrogen-bond acceptors (Lipinski definition) is 3. The minimum absolute atomic E-state index is 0.477. The van der Waals surface area contributed by atoms with Crippen molar-refractivity contribution in [3.63, 3.8) is 0 Å². The molecule has 0 aliphatic heterocycles. The van der Waals surface area contributed by atoms with Gasteiger partial charge in [-0.3, -0.25) is 0 Å². The van der Waals surface area contributed by atoms with Crippen LogP contribution < -0.4 is 4.74 Å². The van der Waals surface area contributed by atoms with Gasteiger partial charge in [0.25, 0.3) is 0 Å². The highest BCUT2D eigenvalue weighted by molar-refractivity contribution is 7.99. The molecule has 2 aromatic rings. The highest BCUT2D eigenvalue weighted by Gasteiger charge is 2.14. The van der Waals surface area contributed by atoms with Crippen molar-refractivity contribution in [1.29, 1.82) is 0 Å². The van der Waals surface area contributed by atoms with Gasteiger partial charge in [0, 0.05) is 10.6 Å². The summed E-state index contributed by atoms with van der Waals surface area (Å²) < 4.78 is 5.99. The summed E-state index contributed by atoms with van der Waals surface area (Å²) in [6, 6.07) is 16.4. The van der Waals surface area contributed by atoms with Gasteiger partial charge in [-0.1, -0.05) is 49.6 Å². The predicted octanol–water partition coefficient (Wildman–Crippen LogP) is 5.99.